The number of pyridine rings is 1. The number of halogens is 1. The molecule has 5 heteroatoms. The van der Waals surface area contributed by atoms with Gasteiger partial charge in [-0.1, -0.05) is 6.07 Å². The summed E-state index contributed by atoms with van der Waals surface area (Å²) in [6.45, 7) is 0.617. The van der Waals surface area contributed by atoms with Gasteiger partial charge in [0.05, 0.1) is 19.8 Å². The quantitative estimate of drug-likeness (QED) is 0.873. The highest BCUT2D eigenvalue weighted by molar-refractivity contribution is 5.47. The van der Waals surface area contributed by atoms with Crippen LogP contribution in [0.4, 0.5) is 10.2 Å². The number of anilines is 1. The first kappa shape index (κ1) is 12.7. The first-order valence-corrected chi connectivity index (χ1v) is 6.46. The highest BCUT2D eigenvalue weighted by atomic mass is 19.1. The SMILES string of the molecule is COc1ccc2c(c1)C(Nc1cccc(F)n1)CCO2. The summed E-state index contributed by atoms with van der Waals surface area (Å²) >= 11 is 0. The van der Waals surface area contributed by atoms with Gasteiger partial charge < -0.3 is 14.8 Å². The molecule has 0 amide bonds. The maximum absolute atomic E-state index is 13.1. The van der Waals surface area contributed by atoms with E-state index in [0.717, 1.165) is 23.5 Å². The average Bonchev–Trinajstić information content (AvgIpc) is 2.47. The Bertz CT molecular complexity index is 619. The minimum absolute atomic E-state index is 0.0307. The van der Waals surface area contributed by atoms with Gasteiger partial charge in [-0.25, -0.2) is 4.98 Å². The molecular formula is C15H15FN2O2. The standard InChI is InChI=1S/C15H15FN2O2/c1-19-10-5-6-13-11(9-10)12(7-8-20-13)17-15-4-2-3-14(16)18-15/h2-6,9,12H,7-8H2,1H3,(H,17,18). The molecule has 20 heavy (non-hydrogen) atoms. The van der Waals surface area contributed by atoms with Crippen molar-refractivity contribution in [2.24, 2.45) is 0 Å². The van der Waals surface area contributed by atoms with E-state index in [1.807, 2.05) is 18.2 Å². The Hall–Kier alpha value is -2.30. The Labute approximate surface area is 116 Å². The van der Waals surface area contributed by atoms with Crippen LogP contribution in [0.3, 0.4) is 0 Å². The Morgan fingerprint density at radius 2 is 2.25 bits per heavy atom. The van der Waals surface area contributed by atoms with Crippen molar-refractivity contribution in [3.8, 4) is 11.5 Å². The molecule has 1 atom stereocenters. The van der Waals surface area contributed by atoms with Crippen LogP contribution in [0.5, 0.6) is 11.5 Å². The second kappa shape index (κ2) is 5.36. The monoisotopic (exact) mass is 274 g/mol. The number of hydrogen-bond donors (Lipinski definition) is 1. The van der Waals surface area contributed by atoms with Gasteiger partial charge in [-0.15, -0.1) is 0 Å². The molecule has 0 saturated heterocycles. The second-order valence-electron chi connectivity index (χ2n) is 4.58. The molecule has 2 aromatic rings. The van der Waals surface area contributed by atoms with E-state index in [2.05, 4.69) is 10.3 Å². The van der Waals surface area contributed by atoms with Crippen molar-refractivity contribution in [1.29, 1.82) is 0 Å². The van der Waals surface area contributed by atoms with Crippen molar-refractivity contribution < 1.29 is 13.9 Å². The third kappa shape index (κ3) is 2.52. The van der Waals surface area contributed by atoms with E-state index in [9.17, 15) is 4.39 Å². The fourth-order valence-corrected chi connectivity index (χ4v) is 2.32. The van der Waals surface area contributed by atoms with Gasteiger partial charge in [0.2, 0.25) is 5.95 Å². The highest BCUT2D eigenvalue weighted by Gasteiger charge is 2.22. The summed E-state index contributed by atoms with van der Waals surface area (Å²) in [6, 6.07) is 10.4. The van der Waals surface area contributed by atoms with Gasteiger partial charge in [0, 0.05) is 12.0 Å². The highest BCUT2D eigenvalue weighted by Crippen LogP contribution is 2.36. The van der Waals surface area contributed by atoms with Crippen molar-refractivity contribution >= 4 is 5.82 Å². The van der Waals surface area contributed by atoms with Crippen molar-refractivity contribution in [2.75, 3.05) is 19.0 Å². The van der Waals surface area contributed by atoms with Crippen LogP contribution in [-0.4, -0.2) is 18.7 Å². The Kier molecular flexibility index (Phi) is 3.41. The zero-order valence-corrected chi connectivity index (χ0v) is 11.1. The summed E-state index contributed by atoms with van der Waals surface area (Å²) in [6.07, 6.45) is 0.790. The first-order chi connectivity index (χ1) is 9.76. The lowest BCUT2D eigenvalue weighted by molar-refractivity contribution is 0.273. The van der Waals surface area contributed by atoms with Crippen molar-refractivity contribution in [3.63, 3.8) is 0 Å². The van der Waals surface area contributed by atoms with Crippen LogP contribution in [-0.2, 0) is 0 Å². The van der Waals surface area contributed by atoms with Crippen LogP contribution in [0.2, 0.25) is 0 Å². The molecule has 1 aromatic carbocycles. The average molecular weight is 274 g/mol. The van der Waals surface area contributed by atoms with Gasteiger partial charge in [-0.3, -0.25) is 0 Å². The lowest BCUT2D eigenvalue weighted by Gasteiger charge is -2.27. The van der Waals surface area contributed by atoms with Gasteiger partial charge >= 0.3 is 0 Å². The third-order valence-corrected chi connectivity index (χ3v) is 3.29. The molecule has 2 heterocycles. The number of methoxy groups -OCH3 is 1. The summed E-state index contributed by atoms with van der Waals surface area (Å²) in [5.74, 6) is 1.62. The molecule has 0 fully saturated rings. The number of nitrogens with one attached hydrogen (secondary N) is 1. The minimum Gasteiger partial charge on any atom is -0.497 e. The van der Waals surface area contributed by atoms with E-state index in [1.165, 1.54) is 6.07 Å². The van der Waals surface area contributed by atoms with Crippen LogP contribution in [0.15, 0.2) is 36.4 Å². The molecule has 4 nitrogen and oxygen atoms in total. The minimum atomic E-state index is -0.493. The molecule has 1 N–H and O–H groups in total. The van der Waals surface area contributed by atoms with Crippen LogP contribution >= 0.6 is 0 Å². The number of rotatable bonds is 3. The number of fused-ring (bicyclic) bond motifs is 1. The molecule has 1 aromatic heterocycles. The molecular weight excluding hydrogens is 259 g/mol. The summed E-state index contributed by atoms with van der Waals surface area (Å²) in [7, 11) is 1.63. The summed E-state index contributed by atoms with van der Waals surface area (Å²) in [4.78, 5) is 3.83. The summed E-state index contributed by atoms with van der Waals surface area (Å²) in [5, 5.41) is 3.24. The summed E-state index contributed by atoms with van der Waals surface area (Å²) in [5.41, 5.74) is 1.00. The van der Waals surface area contributed by atoms with Crippen LogP contribution in [0.1, 0.15) is 18.0 Å². The van der Waals surface area contributed by atoms with E-state index < -0.39 is 5.95 Å². The van der Waals surface area contributed by atoms with E-state index in [-0.39, 0.29) is 6.04 Å². The maximum atomic E-state index is 13.1. The largest absolute Gasteiger partial charge is 0.497 e. The topological polar surface area (TPSA) is 43.4 Å². The molecule has 0 spiro atoms. The number of ether oxygens (including phenoxy) is 2. The number of hydrogen-bond acceptors (Lipinski definition) is 4. The number of aromatic nitrogens is 1. The Morgan fingerprint density at radius 1 is 1.35 bits per heavy atom. The van der Waals surface area contributed by atoms with E-state index in [1.54, 1.807) is 19.2 Å². The van der Waals surface area contributed by atoms with Gasteiger partial charge in [0.25, 0.3) is 0 Å². The van der Waals surface area contributed by atoms with E-state index in [0.29, 0.717) is 12.4 Å². The van der Waals surface area contributed by atoms with Crippen molar-refractivity contribution in [1.82, 2.24) is 4.98 Å². The van der Waals surface area contributed by atoms with Gasteiger partial charge in [0.15, 0.2) is 0 Å². The van der Waals surface area contributed by atoms with E-state index >= 15 is 0 Å². The van der Waals surface area contributed by atoms with Gasteiger partial charge in [-0.2, -0.15) is 4.39 Å². The Morgan fingerprint density at radius 3 is 3.05 bits per heavy atom. The van der Waals surface area contributed by atoms with Crippen molar-refractivity contribution in [2.45, 2.75) is 12.5 Å². The zero-order valence-electron chi connectivity index (χ0n) is 11.1. The van der Waals surface area contributed by atoms with Crippen molar-refractivity contribution in [3.05, 3.63) is 47.9 Å². The van der Waals surface area contributed by atoms with Crippen LogP contribution in [0.25, 0.3) is 0 Å². The number of nitrogens with zero attached hydrogens (tertiary/aromatic N) is 1. The fourth-order valence-electron chi connectivity index (χ4n) is 2.32. The molecule has 1 aliphatic rings. The molecule has 104 valence electrons. The molecule has 0 bridgehead atoms. The smallest absolute Gasteiger partial charge is 0.214 e. The second-order valence-corrected chi connectivity index (χ2v) is 4.58. The zero-order chi connectivity index (χ0) is 13.9. The predicted molar refractivity (Wildman–Crippen MR) is 73.7 cm³/mol. The van der Waals surface area contributed by atoms with E-state index in [4.69, 9.17) is 9.47 Å². The lowest BCUT2D eigenvalue weighted by Crippen LogP contribution is -2.21. The molecule has 3 rings (SSSR count). The molecule has 0 aliphatic carbocycles. The third-order valence-electron chi connectivity index (χ3n) is 3.29. The van der Waals surface area contributed by atoms with Crippen LogP contribution < -0.4 is 14.8 Å². The number of benzene rings is 1. The van der Waals surface area contributed by atoms with Crippen LogP contribution in [0, 0.1) is 5.95 Å². The van der Waals surface area contributed by atoms with Gasteiger partial charge in [0.1, 0.15) is 17.3 Å². The predicted octanol–water partition coefficient (Wildman–Crippen LogP) is 3.17. The molecule has 1 aliphatic heterocycles. The molecule has 0 saturated carbocycles. The van der Waals surface area contributed by atoms with Gasteiger partial charge in [-0.05, 0) is 30.3 Å². The first-order valence-electron chi connectivity index (χ1n) is 6.46. The molecule has 0 radical (unpaired) electrons. The maximum Gasteiger partial charge on any atom is 0.214 e. The fraction of sp³-hybridized carbons (Fsp3) is 0.267. The molecule has 1 unspecified atom stereocenters. The lowest BCUT2D eigenvalue weighted by atomic mass is 10.00. The summed E-state index contributed by atoms with van der Waals surface area (Å²) < 4.78 is 24.0. The Balaban J connectivity index is 1.89. The normalized spacial score (nSPS) is 17.0.